The Bertz CT molecular complexity index is 1280. The predicted octanol–water partition coefficient (Wildman–Crippen LogP) is 6.04. The molecule has 10 heteroatoms. The number of carbonyl (C=O) groups is 2. The normalized spacial score (nSPS) is 12.9. The summed E-state index contributed by atoms with van der Waals surface area (Å²) in [5.74, 6) is -0.0129. The number of ether oxygens (including phenoxy) is 3. The monoisotopic (exact) mass is 519 g/mol. The molecule has 0 aliphatic carbocycles. The number of amides is 1. The van der Waals surface area contributed by atoms with Crippen LogP contribution in [0.25, 0.3) is 0 Å². The molecule has 0 aromatic heterocycles. The van der Waals surface area contributed by atoms with Crippen molar-refractivity contribution in [3.63, 3.8) is 0 Å². The maximum absolute atomic E-state index is 12.9. The number of anilines is 1. The van der Waals surface area contributed by atoms with Gasteiger partial charge in [-0.25, -0.2) is 4.79 Å². The van der Waals surface area contributed by atoms with Crippen LogP contribution < -0.4 is 14.4 Å². The number of halogens is 4. The molecule has 0 atom stereocenters. The van der Waals surface area contributed by atoms with Crippen LogP contribution in [0, 0.1) is 0 Å². The molecule has 0 unspecified atom stereocenters. The van der Waals surface area contributed by atoms with Crippen LogP contribution in [0.4, 0.5) is 18.9 Å². The van der Waals surface area contributed by atoms with Crippen LogP contribution >= 0.6 is 11.6 Å². The summed E-state index contributed by atoms with van der Waals surface area (Å²) in [5, 5.41) is 0.294. The number of hydrogen-bond acceptors (Lipinski definition) is 5. The second-order valence-corrected chi connectivity index (χ2v) is 8.27. The standard InChI is InChI=1S/C26H21ClF3NO5/c1-2-34-24(32)15-36-23-11-6-16(12-21(23)27)14-35-22-5-3-4-19-20(22)13-31(25(19)33)18-9-7-17(8-10-18)26(28,29)30/h3-12H,2,13-15H2,1H3. The first-order chi connectivity index (χ1) is 17.2. The summed E-state index contributed by atoms with van der Waals surface area (Å²) >= 11 is 6.26. The lowest BCUT2D eigenvalue weighted by atomic mass is 10.1. The first kappa shape index (κ1) is 25.4. The highest BCUT2D eigenvalue weighted by Crippen LogP contribution is 2.36. The average Bonchev–Trinajstić information content (AvgIpc) is 3.19. The van der Waals surface area contributed by atoms with E-state index in [9.17, 15) is 22.8 Å². The molecule has 0 fully saturated rings. The molecule has 3 aromatic rings. The van der Waals surface area contributed by atoms with E-state index in [2.05, 4.69) is 0 Å². The van der Waals surface area contributed by atoms with E-state index >= 15 is 0 Å². The molecule has 1 amide bonds. The summed E-state index contributed by atoms with van der Waals surface area (Å²) in [4.78, 5) is 25.8. The molecule has 1 heterocycles. The Morgan fingerprint density at radius 2 is 1.78 bits per heavy atom. The summed E-state index contributed by atoms with van der Waals surface area (Å²) in [6.07, 6.45) is -4.45. The fourth-order valence-corrected chi connectivity index (χ4v) is 3.99. The summed E-state index contributed by atoms with van der Waals surface area (Å²) in [6, 6.07) is 14.5. The molecular formula is C26H21ClF3NO5. The second-order valence-electron chi connectivity index (χ2n) is 7.87. The Balaban J connectivity index is 1.44. The second kappa shape index (κ2) is 10.5. The molecule has 36 heavy (non-hydrogen) atoms. The molecule has 0 saturated heterocycles. The van der Waals surface area contributed by atoms with Gasteiger partial charge >= 0.3 is 12.1 Å². The largest absolute Gasteiger partial charge is 0.489 e. The van der Waals surface area contributed by atoms with E-state index < -0.39 is 17.7 Å². The van der Waals surface area contributed by atoms with E-state index in [-0.39, 0.29) is 32.3 Å². The van der Waals surface area contributed by atoms with Crippen molar-refractivity contribution in [2.24, 2.45) is 0 Å². The highest BCUT2D eigenvalue weighted by atomic mass is 35.5. The molecule has 1 aliphatic rings. The fourth-order valence-electron chi connectivity index (χ4n) is 3.73. The quantitative estimate of drug-likeness (QED) is 0.339. The first-order valence-corrected chi connectivity index (χ1v) is 11.4. The molecule has 0 spiro atoms. The third-order valence-corrected chi connectivity index (χ3v) is 5.77. The maximum atomic E-state index is 12.9. The smallest absolute Gasteiger partial charge is 0.416 e. The molecule has 188 valence electrons. The summed E-state index contributed by atoms with van der Waals surface area (Å²) in [6.45, 7) is 2.00. The Hall–Kier alpha value is -3.72. The number of benzene rings is 3. The van der Waals surface area contributed by atoms with E-state index in [1.165, 1.54) is 17.0 Å². The molecular weight excluding hydrogens is 499 g/mol. The predicted molar refractivity (Wildman–Crippen MR) is 126 cm³/mol. The number of carbonyl (C=O) groups excluding carboxylic acids is 2. The first-order valence-electron chi connectivity index (χ1n) is 11.0. The number of rotatable bonds is 8. The van der Waals surface area contributed by atoms with Gasteiger partial charge in [-0.1, -0.05) is 23.7 Å². The Morgan fingerprint density at radius 1 is 1.03 bits per heavy atom. The SMILES string of the molecule is CCOC(=O)COc1ccc(COc2cccc3c2CN(c2ccc(C(F)(F)F)cc2)C3=O)cc1Cl. The van der Waals surface area contributed by atoms with Gasteiger partial charge in [0, 0.05) is 16.8 Å². The fraction of sp³-hybridized carbons (Fsp3) is 0.231. The zero-order valence-electron chi connectivity index (χ0n) is 19.1. The van der Waals surface area contributed by atoms with E-state index in [0.29, 0.717) is 33.3 Å². The number of alkyl halides is 3. The molecule has 4 rings (SSSR count). The van der Waals surface area contributed by atoms with Crippen molar-refractivity contribution in [2.75, 3.05) is 18.1 Å². The molecule has 1 aliphatic heterocycles. The van der Waals surface area contributed by atoms with Crippen LogP contribution in [0.3, 0.4) is 0 Å². The Kier molecular flexibility index (Phi) is 7.40. The van der Waals surface area contributed by atoms with Gasteiger partial charge in [0.25, 0.3) is 5.91 Å². The number of esters is 1. The molecule has 0 N–H and O–H groups in total. The lowest BCUT2D eigenvalue weighted by Crippen LogP contribution is -2.23. The van der Waals surface area contributed by atoms with Gasteiger partial charge in [-0.05, 0) is 61.0 Å². The van der Waals surface area contributed by atoms with Crippen molar-refractivity contribution >= 4 is 29.2 Å². The topological polar surface area (TPSA) is 65.1 Å². The van der Waals surface area contributed by atoms with Gasteiger partial charge in [0.05, 0.1) is 23.7 Å². The van der Waals surface area contributed by atoms with Crippen LogP contribution in [0.2, 0.25) is 5.02 Å². The van der Waals surface area contributed by atoms with Gasteiger partial charge in [0.1, 0.15) is 18.1 Å². The molecule has 3 aromatic carbocycles. The average molecular weight is 520 g/mol. The third kappa shape index (κ3) is 5.57. The number of fused-ring (bicyclic) bond motifs is 1. The van der Waals surface area contributed by atoms with Crippen molar-refractivity contribution in [1.29, 1.82) is 0 Å². The zero-order chi connectivity index (χ0) is 25.9. The molecule has 6 nitrogen and oxygen atoms in total. The molecule has 0 bridgehead atoms. The minimum absolute atomic E-state index is 0.142. The maximum Gasteiger partial charge on any atom is 0.416 e. The van der Waals surface area contributed by atoms with E-state index in [1.807, 2.05) is 0 Å². The number of hydrogen-bond donors (Lipinski definition) is 0. The van der Waals surface area contributed by atoms with Gasteiger partial charge in [-0.3, -0.25) is 4.79 Å². The van der Waals surface area contributed by atoms with Crippen LogP contribution in [0.5, 0.6) is 11.5 Å². The van der Waals surface area contributed by atoms with Crippen molar-refractivity contribution in [3.8, 4) is 11.5 Å². The van der Waals surface area contributed by atoms with Crippen LogP contribution in [0.1, 0.15) is 34.0 Å². The van der Waals surface area contributed by atoms with E-state index in [0.717, 1.165) is 17.7 Å². The molecule has 0 radical (unpaired) electrons. The van der Waals surface area contributed by atoms with E-state index in [4.69, 9.17) is 25.8 Å². The van der Waals surface area contributed by atoms with Crippen molar-refractivity contribution in [1.82, 2.24) is 0 Å². The van der Waals surface area contributed by atoms with Gasteiger partial charge in [0.15, 0.2) is 6.61 Å². The van der Waals surface area contributed by atoms with Gasteiger partial charge < -0.3 is 19.1 Å². The minimum Gasteiger partial charge on any atom is -0.489 e. The van der Waals surface area contributed by atoms with Gasteiger partial charge in [0.2, 0.25) is 0 Å². The van der Waals surface area contributed by atoms with Crippen LogP contribution in [-0.2, 0) is 28.9 Å². The van der Waals surface area contributed by atoms with Crippen molar-refractivity contribution < 1.29 is 37.0 Å². The van der Waals surface area contributed by atoms with Crippen LogP contribution in [0.15, 0.2) is 60.7 Å². The Morgan fingerprint density at radius 3 is 2.44 bits per heavy atom. The summed E-state index contributed by atoms with van der Waals surface area (Å²) in [5.41, 5.74) is 1.37. The van der Waals surface area contributed by atoms with Gasteiger partial charge in [-0.15, -0.1) is 0 Å². The third-order valence-electron chi connectivity index (χ3n) is 5.47. The van der Waals surface area contributed by atoms with Crippen molar-refractivity contribution in [2.45, 2.75) is 26.3 Å². The van der Waals surface area contributed by atoms with Crippen LogP contribution in [-0.4, -0.2) is 25.1 Å². The lowest BCUT2D eigenvalue weighted by Gasteiger charge is -2.17. The Labute approximate surface area is 210 Å². The van der Waals surface area contributed by atoms with E-state index in [1.54, 1.807) is 43.3 Å². The minimum atomic E-state index is -4.45. The van der Waals surface area contributed by atoms with Crippen molar-refractivity contribution in [3.05, 3.63) is 87.9 Å². The highest BCUT2D eigenvalue weighted by molar-refractivity contribution is 6.32. The molecule has 0 saturated carbocycles. The summed E-state index contributed by atoms with van der Waals surface area (Å²) < 4.78 is 54.8. The lowest BCUT2D eigenvalue weighted by molar-refractivity contribution is -0.145. The number of nitrogens with zero attached hydrogens (tertiary/aromatic N) is 1. The highest BCUT2D eigenvalue weighted by Gasteiger charge is 2.33. The zero-order valence-corrected chi connectivity index (χ0v) is 19.9. The van der Waals surface area contributed by atoms with Gasteiger partial charge in [-0.2, -0.15) is 13.2 Å². The summed E-state index contributed by atoms with van der Waals surface area (Å²) in [7, 11) is 0.